The van der Waals surface area contributed by atoms with E-state index < -0.39 is 0 Å². The number of hydrogen-bond donors (Lipinski definition) is 2. The van der Waals surface area contributed by atoms with E-state index >= 15 is 0 Å². The summed E-state index contributed by atoms with van der Waals surface area (Å²) in [5.74, 6) is 6.87. The van der Waals surface area contributed by atoms with Crippen molar-refractivity contribution in [3.63, 3.8) is 0 Å². The van der Waals surface area contributed by atoms with Crippen molar-refractivity contribution in [3.8, 4) is 17.0 Å². The highest BCUT2D eigenvalue weighted by Gasteiger charge is 2.06. The quantitative estimate of drug-likeness (QED) is 0.392. The van der Waals surface area contributed by atoms with Crippen LogP contribution >= 0.6 is 22.7 Å². The molecule has 0 spiro atoms. The predicted octanol–water partition coefficient (Wildman–Crippen LogP) is 2.20. The molecule has 0 saturated carbocycles. The number of rotatable bonds is 4. The van der Waals surface area contributed by atoms with Crippen molar-refractivity contribution in [2.24, 2.45) is 4.99 Å². The van der Waals surface area contributed by atoms with Gasteiger partial charge in [-0.05, 0) is 17.4 Å². The molecule has 2 heterocycles. The maximum atomic E-state index is 5.89. The Hall–Kier alpha value is -2.04. The number of nitrogen functional groups attached to an aromatic ring is 1. The average molecular weight is 320 g/mol. The summed E-state index contributed by atoms with van der Waals surface area (Å²) < 4.78 is 5.02. The van der Waals surface area contributed by atoms with Gasteiger partial charge in [0.05, 0.1) is 17.7 Å². The van der Waals surface area contributed by atoms with Crippen LogP contribution in [0.4, 0.5) is 5.00 Å². The minimum Gasteiger partial charge on any atom is -0.473 e. The molecule has 7 heteroatoms. The van der Waals surface area contributed by atoms with E-state index in [0.29, 0.717) is 18.2 Å². The molecule has 0 aliphatic carbocycles. The number of methoxy groups -OCH3 is 1. The lowest BCUT2D eigenvalue weighted by Crippen LogP contribution is -2.25. The fourth-order valence-electron chi connectivity index (χ4n) is 1.62. The second-order valence-electron chi connectivity index (χ2n) is 3.95. The van der Waals surface area contributed by atoms with Gasteiger partial charge in [-0.1, -0.05) is 17.3 Å². The number of nitrogens with one attached hydrogen (secondary N) is 1. The summed E-state index contributed by atoms with van der Waals surface area (Å²) in [5, 5.41) is 8.48. The summed E-state index contributed by atoms with van der Waals surface area (Å²) in [6.45, 7) is 0.705. The molecule has 2 aromatic rings. The Labute approximate surface area is 131 Å². The zero-order chi connectivity index (χ0) is 15.1. The Balaban J connectivity index is 1.83. The number of amidine groups is 1. The summed E-state index contributed by atoms with van der Waals surface area (Å²) in [6.07, 6.45) is 0.697. The van der Waals surface area contributed by atoms with Crippen molar-refractivity contribution in [3.05, 3.63) is 28.1 Å². The second kappa shape index (κ2) is 7.67. The number of aromatic nitrogens is 1. The minimum absolute atomic E-state index is 0.630. The molecular weight excluding hydrogens is 304 g/mol. The molecule has 0 atom stereocenters. The van der Waals surface area contributed by atoms with E-state index in [9.17, 15) is 0 Å². The van der Waals surface area contributed by atoms with Gasteiger partial charge < -0.3 is 15.8 Å². The molecule has 0 bridgehead atoms. The van der Waals surface area contributed by atoms with E-state index in [1.54, 1.807) is 14.2 Å². The molecule has 0 saturated heterocycles. The lowest BCUT2D eigenvalue weighted by molar-refractivity contribution is 0.411. The fraction of sp³-hybridized carbons (Fsp3) is 0.286. The van der Waals surface area contributed by atoms with Crippen molar-refractivity contribution >= 4 is 33.5 Å². The number of anilines is 1. The molecule has 0 unspecified atom stereocenters. The zero-order valence-corrected chi connectivity index (χ0v) is 13.5. The molecule has 0 amide bonds. The first-order valence-corrected chi connectivity index (χ1v) is 8.03. The SMILES string of the molecule is CN=C(NCCC#Cc1csc(OC)n1)c1ccsc1N. The van der Waals surface area contributed by atoms with Crippen LogP contribution in [0.5, 0.6) is 5.19 Å². The molecule has 0 aliphatic heterocycles. The predicted molar refractivity (Wildman–Crippen MR) is 89.4 cm³/mol. The number of aliphatic imine (C=N–C) groups is 1. The van der Waals surface area contributed by atoms with Crippen LogP contribution in [0, 0.1) is 11.8 Å². The van der Waals surface area contributed by atoms with Crippen molar-refractivity contribution in [2.75, 3.05) is 26.4 Å². The van der Waals surface area contributed by atoms with Gasteiger partial charge in [0, 0.05) is 25.4 Å². The van der Waals surface area contributed by atoms with Crippen molar-refractivity contribution in [1.82, 2.24) is 10.3 Å². The van der Waals surface area contributed by atoms with E-state index in [1.165, 1.54) is 22.7 Å². The van der Waals surface area contributed by atoms with Gasteiger partial charge in [-0.25, -0.2) is 0 Å². The van der Waals surface area contributed by atoms with Gasteiger partial charge in [-0.2, -0.15) is 4.98 Å². The molecule has 2 rings (SSSR count). The van der Waals surface area contributed by atoms with Crippen LogP contribution in [-0.2, 0) is 0 Å². The Kier molecular flexibility index (Phi) is 5.60. The maximum absolute atomic E-state index is 5.89. The van der Waals surface area contributed by atoms with Crippen LogP contribution in [0.15, 0.2) is 21.8 Å². The summed E-state index contributed by atoms with van der Waals surface area (Å²) in [4.78, 5) is 8.41. The Bertz CT molecular complexity index is 678. The average Bonchev–Trinajstić information content (AvgIpc) is 3.12. The van der Waals surface area contributed by atoms with Crippen LogP contribution in [-0.4, -0.2) is 31.5 Å². The number of nitrogens with zero attached hydrogens (tertiary/aromatic N) is 2. The molecule has 2 aromatic heterocycles. The monoisotopic (exact) mass is 320 g/mol. The third-order valence-corrected chi connectivity index (χ3v) is 4.14. The van der Waals surface area contributed by atoms with Gasteiger partial charge in [-0.15, -0.1) is 11.3 Å². The summed E-state index contributed by atoms with van der Waals surface area (Å²) in [7, 11) is 3.34. The van der Waals surface area contributed by atoms with E-state index in [-0.39, 0.29) is 0 Å². The maximum Gasteiger partial charge on any atom is 0.274 e. The topological polar surface area (TPSA) is 72.5 Å². The minimum atomic E-state index is 0.630. The number of ether oxygens (including phenoxy) is 1. The third kappa shape index (κ3) is 4.21. The fourth-order valence-corrected chi connectivity index (χ4v) is 2.83. The van der Waals surface area contributed by atoms with Crippen LogP contribution in [0.25, 0.3) is 0 Å². The highest BCUT2D eigenvalue weighted by atomic mass is 32.1. The number of thiazole rings is 1. The highest BCUT2D eigenvalue weighted by Crippen LogP contribution is 2.19. The summed E-state index contributed by atoms with van der Waals surface area (Å²) in [6, 6.07) is 1.96. The van der Waals surface area contributed by atoms with Gasteiger partial charge in [0.25, 0.3) is 5.19 Å². The smallest absolute Gasteiger partial charge is 0.274 e. The van der Waals surface area contributed by atoms with E-state index in [2.05, 4.69) is 27.1 Å². The largest absolute Gasteiger partial charge is 0.473 e. The Morgan fingerprint density at radius 1 is 1.52 bits per heavy atom. The Morgan fingerprint density at radius 2 is 2.38 bits per heavy atom. The molecule has 21 heavy (non-hydrogen) atoms. The molecule has 110 valence electrons. The molecule has 0 fully saturated rings. The Morgan fingerprint density at radius 3 is 3.00 bits per heavy atom. The van der Waals surface area contributed by atoms with E-state index in [4.69, 9.17) is 10.5 Å². The third-order valence-electron chi connectivity index (χ3n) is 2.59. The number of hydrogen-bond acceptors (Lipinski definition) is 6. The van der Waals surface area contributed by atoms with Crippen molar-refractivity contribution < 1.29 is 4.74 Å². The molecular formula is C14H16N4OS2. The van der Waals surface area contributed by atoms with Gasteiger partial charge in [0.2, 0.25) is 0 Å². The first-order chi connectivity index (χ1) is 10.2. The van der Waals surface area contributed by atoms with E-state index in [0.717, 1.165) is 22.1 Å². The van der Waals surface area contributed by atoms with Gasteiger partial charge in [-0.3, -0.25) is 4.99 Å². The van der Waals surface area contributed by atoms with Crippen LogP contribution in [0.1, 0.15) is 17.7 Å². The van der Waals surface area contributed by atoms with Crippen LogP contribution < -0.4 is 15.8 Å². The second-order valence-corrected chi connectivity index (χ2v) is 5.72. The first kappa shape index (κ1) is 15.4. The zero-order valence-electron chi connectivity index (χ0n) is 11.8. The molecule has 3 N–H and O–H groups in total. The highest BCUT2D eigenvalue weighted by molar-refractivity contribution is 7.14. The lowest BCUT2D eigenvalue weighted by Gasteiger charge is -2.06. The van der Waals surface area contributed by atoms with Gasteiger partial charge >= 0.3 is 0 Å². The van der Waals surface area contributed by atoms with Crippen LogP contribution in [0.3, 0.4) is 0 Å². The molecule has 0 aromatic carbocycles. The van der Waals surface area contributed by atoms with Crippen molar-refractivity contribution in [1.29, 1.82) is 0 Å². The number of nitrogens with two attached hydrogens (primary N) is 1. The van der Waals surface area contributed by atoms with E-state index in [1.807, 2.05) is 16.8 Å². The van der Waals surface area contributed by atoms with Gasteiger partial charge in [0.1, 0.15) is 11.5 Å². The number of thiophene rings is 1. The summed E-state index contributed by atoms with van der Waals surface area (Å²) in [5.41, 5.74) is 7.57. The summed E-state index contributed by atoms with van der Waals surface area (Å²) >= 11 is 2.94. The first-order valence-electron chi connectivity index (χ1n) is 6.27. The normalized spacial score (nSPS) is 10.9. The lowest BCUT2D eigenvalue weighted by atomic mass is 10.3. The van der Waals surface area contributed by atoms with Gasteiger partial charge in [0.15, 0.2) is 0 Å². The van der Waals surface area contributed by atoms with Crippen molar-refractivity contribution in [2.45, 2.75) is 6.42 Å². The molecule has 0 aliphatic rings. The molecule has 5 nitrogen and oxygen atoms in total. The standard InChI is InChI=1S/C14H16N4OS2/c1-16-13(11-6-8-20-12(11)15)17-7-4-3-5-10-9-21-14(18-10)19-2/h6,8-9H,4,7,15H2,1-2H3,(H,16,17). The molecule has 0 radical (unpaired) electrons. The van der Waals surface area contributed by atoms with Crippen LogP contribution in [0.2, 0.25) is 0 Å².